The van der Waals surface area contributed by atoms with Crippen molar-refractivity contribution in [2.75, 3.05) is 5.32 Å². The molecule has 2 rings (SSSR count). The van der Waals surface area contributed by atoms with Crippen LogP contribution in [0, 0.1) is 11.3 Å². The van der Waals surface area contributed by atoms with Gasteiger partial charge in [-0.15, -0.1) is 0 Å². The molecule has 0 aliphatic rings. The zero-order chi connectivity index (χ0) is 13.8. The van der Waals surface area contributed by atoms with E-state index in [1.165, 1.54) is 0 Å². The fourth-order valence-corrected chi connectivity index (χ4v) is 2.23. The molecule has 4 heteroatoms. The van der Waals surface area contributed by atoms with Crippen LogP contribution < -0.4 is 5.32 Å². The summed E-state index contributed by atoms with van der Waals surface area (Å²) in [5.41, 5.74) is 2.58. The Morgan fingerprint density at radius 1 is 1.11 bits per heavy atom. The number of rotatable bonds is 3. The van der Waals surface area contributed by atoms with Crippen LogP contribution in [0.15, 0.2) is 42.5 Å². The normalized spacial score (nSPS) is 11.7. The number of anilines is 1. The summed E-state index contributed by atoms with van der Waals surface area (Å²) < 4.78 is 0. The number of nitrogens with one attached hydrogen (secondary N) is 1. The predicted octanol–water partition coefficient (Wildman–Crippen LogP) is 5.04. The van der Waals surface area contributed by atoms with Gasteiger partial charge in [0.25, 0.3) is 0 Å². The molecule has 19 heavy (non-hydrogen) atoms. The first-order valence-electron chi connectivity index (χ1n) is 5.82. The molecule has 1 unspecified atom stereocenters. The van der Waals surface area contributed by atoms with E-state index in [0.717, 1.165) is 11.3 Å². The van der Waals surface area contributed by atoms with Crippen molar-refractivity contribution in [2.45, 2.75) is 13.0 Å². The standard InChI is InChI=1S/C15H12Cl2N2/c1-10(12-4-2-11(9-18)3-5-12)19-15-7-6-13(16)8-14(15)17/h2-8,10,19H,1H3. The van der Waals surface area contributed by atoms with Gasteiger partial charge >= 0.3 is 0 Å². The Hall–Kier alpha value is -1.69. The van der Waals surface area contributed by atoms with Gasteiger partial charge in [-0.25, -0.2) is 0 Å². The molecule has 2 nitrogen and oxygen atoms in total. The molecule has 1 N–H and O–H groups in total. The van der Waals surface area contributed by atoms with E-state index in [1.807, 2.05) is 25.1 Å². The topological polar surface area (TPSA) is 35.8 Å². The molecule has 0 heterocycles. The highest BCUT2D eigenvalue weighted by molar-refractivity contribution is 6.36. The van der Waals surface area contributed by atoms with E-state index in [9.17, 15) is 0 Å². The lowest BCUT2D eigenvalue weighted by Gasteiger charge is -2.17. The molecule has 0 saturated carbocycles. The average Bonchev–Trinajstić information content (AvgIpc) is 2.42. The Labute approximate surface area is 122 Å². The highest BCUT2D eigenvalue weighted by Gasteiger charge is 2.08. The molecule has 0 fully saturated rings. The summed E-state index contributed by atoms with van der Waals surface area (Å²) in [4.78, 5) is 0. The van der Waals surface area contributed by atoms with Crippen LogP contribution in [-0.4, -0.2) is 0 Å². The summed E-state index contributed by atoms with van der Waals surface area (Å²) >= 11 is 12.0. The molecule has 0 saturated heterocycles. The Morgan fingerprint density at radius 2 is 1.79 bits per heavy atom. The van der Waals surface area contributed by atoms with Gasteiger partial charge in [-0.2, -0.15) is 5.26 Å². The van der Waals surface area contributed by atoms with E-state index in [0.29, 0.717) is 15.6 Å². The molecule has 2 aromatic rings. The molecule has 0 spiro atoms. The average molecular weight is 291 g/mol. The van der Waals surface area contributed by atoms with E-state index in [-0.39, 0.29) is 6.04 Å². The van der Waals surface area contributed by atoms with Crippen LogP contribution in [0.25, 0.3) is 0 Å². The second-order valence-electron chi connectivity index (χ2n) is 4.22. The molecule has 0 amide bonds. The van der Waals surface area contributed by atoms with Crippen molar-refractivity contribution in [1.82, 2.24) is 0 Å². The van der Waals surface area contributed by atoms with E-state index in [1.54, 1.807) is 24.3 Å². The summed E-state index contributed by atoms with van der Waals surface area (Å²) in [5, 5.41) is 13.3. The lowest BCUT2D eigenvalue weighted by Crippen LogP contribution is -2.06. The third-order valence-electron chi connectivity index (χ3n) is 2.84. The number of hydrogen-bond acceptors (Lipinski definition) is 2. The van der Waals surface area contributed by atoms with Gasteiger partial charge in [0.1, 0.15) is 0 Å². The molecular formula is C15H12Cl2N2. The van der Waals surface area contributed by atoms with Crippen LogP contribution in [0.2, 0.25) is 10.0 Å². The largest absolute Gasteiger partial charge is 0.377 e. The predicted molar refractivity (Wildman–Crippen MR) is 79.7 cm³/mol. The van der Waals surface area contributed by atoms with E-state index >= 15 is 0 Å². The summed E-state index contributed by atoms with van der Waals surface area (Å²) in [6.07, 6.45) is 0. The molecule has 0 radical (unpaired) electrons. The van der Waals surface area contributed by atoms with Gasteiger partial charge in [-0.3, -0.25) is 0 Å². The van der Waals surface area contributed by atoms with Crippen molar-refractivity contribution in [3.63, 3.8) is 0 Å². The van der Waals surface area contributed by atoms with Crippen molar-refractivity contribution >= 4 is 28.9 Å². The SMILES string of the molecule is CC(Nc1ccc(Cl)cc1Cl)c1ccc(C#N)cc1. The van der Waals surface area contributed by atoms with Crippen LogP contribution in [0.3, 0.4) is 0 Å². The quantitative estimate of drug-likeness (QED) is 0.860. The van der Waals surface area contributed by atoms with Gasteiger partial charge < -0.3 is 5.32 Å². The number of nitriles is 1. The van der Waals surface area contributed by atoms with Crippen LogP contribution in [-0.2, 0) is 0 Å². The maximum Gasteiger partial charge on any atom is 0.0991 e. The molecule has 0 aliphatic heterocycles. The van der Waals surface area contributed by atoms with E-state index in [4.69, 9.17) is 28.5 Å². The van der Waals surface area contributed by atoms with Crippen LogP contribution in [0.4, 0.5) is 5.69 Å². The zero-order valence-electron chi connectivity index (χ0n) is 10.3. The summed E-state index contributed by atoms with van der Waals surface area (Å²) in [6, 6.07) is 15.0. The number of benzene rings is 2. The molecule has 0 bridgehead atoms. The van der Waals surface area contributed by atoms with Crippen LogP contribution in [0.5, 0.6) is 0 Å². The second kappa shape index (κ2) is 5.97. The van der Waals surface area contributed by atoms with Gasteiger partial charge in [0.05, 0.1) is 22.3 Å². The minimum atomic E-state index is 0.0893. The third-order valence-corrected chi connectivity index (χ3v) is 3.39. The van der Waals surface area contributed by atoms with Gasteiger partial charge in [-0.1, -0.05) is 35.3 Å². The third kappa shape index (κ3) is 3.41. The minimum Gasteiger partial charge on any atom is -0.377 e. The number of halogens is 2. The molecule has 1 atom stereocenters. The Bertz CT molecular complexity index is 615. The van der Waals surface area contributed by atoms with Crippen molar-refractivity contribution in [2.24, 2.45) is 0 Å². The Kier molecular flexibility index (Phi) is 4.31. The van der Waals surface area contributed by atoms with Gasteiger partial charge in [-0.05, 0) is 42.8 Å². The lowest BCUT2D eigenvalue weighted by molar-refractivity contribution is 0.884. The highest BCUT2D eigenvalue weighted by Crippen LogP contribution is 2.28. The van der Waals surface area contributed by atoms with Gasteiger partial charge in [0.15, 0.2) is 0 Å². The Morgan fingerprint density at radius 3 is 2.37 bits per heavy atom. The fourth-order valence-electron chi connectivity index (χ4n) is 1.77. The monoisotopic (exact) mass is 290 g/mol. The number of nitrogens with zero attached hydrogens (tertiary/aromatic N) is 1. The first-order chi connectivity index (χ1) is 9.10. The molecule has 0 aromatic heterocycles. The minimum absolute atomic E-state index is 0.0893. The summed E-state index contributed by atoms with van der Waals surface area (Å²) in [6.45, 7) is 2.03. The van der Waals surface area contributed by atoms with Crippen LogP contribution >= 0.6 is 23.2 Å². The maximum atomic E-state index is 8.77. The van der Waals surface area contributed by atoms with Crippen molar-refractivity contribution in [3.05, 3.63) is 63.6 Å². The fraction of sp³-hybridized carbons (Fsp3) is 0.133. The summed E-state index contributed by atoms with van der Waals surface area (Å²) in [5.74, 6) is 0. The Balaban J connectivity index is 2.16. The first-order valence-corrected chi connectivity index (χ1v) is 6.57. The smallest absolute Gasteiger partial charge is 0.0991 e. The highest BCUT2D eigenvalue weighted by atomic mass is 35.5. The van der Waals surface area contributed by atoms with Crippen molar-refractivity contribution in [1.29, 1.82) is 5.26 Å². The zero-order valence-corrected chi connectivity index (χ0v) is 11.8. The molecule has 2 aromatic carbocycles. The van der Waals surface area contributed by atoms with Crippen LogP contribution in [0.1, 0.15) is 24.1 Å². The second-order valence-corrected chi connectivity index (χ2v) is 5.07. The maximum absolute atomic E-state index is 8.77. The van der Waals surface area contributed by atoms with Gasteiger partial charge in [0, 0.05) is 11.1 Å². The lowest BCUT2D eigenvalue weighted by atomic mass is 10.1. The van der Waals surface area contributed by atoms with Crippen molar-refractivity contribution in [3.8, 4) is 6.07 Å². The number of hydrogen-bond donors (Lipinski definition) is 1. The first kappa shape index (κ1) is 13.7. The van der Waals surface area contributed by atoms with Gasteiger partial charge in [0.2, 0.25) is 0 Å². The van der Waals surface area contributed by atoms with E-state index < -0.39 is 0 Å². The summed E-state index contributed by atoms with van der Waals surface area (Å²) in [7, 11) is 0. The van der Waals surface area contributed by atoms with E-state index in [2.05, 4.69) is 11.4 Å². The molecule has 96 valence electrons. The molecule has 0 aliphatic carbocycles. The molecular weight excluding hydrogens is 279 g/mol. The van der Waals surface area contributed by atoms with Crippen molar-refractivity contribution < 1.29 is 0 Å².